The standard InChI is InChI=1S/C14H26N2O2/c17-12-8-6-11(7-9-12)16-14(18)13-5-3-1-2-4-10-15-13/h11-13,15,17H,1-10H2,(H,16,18). The molecule has 1 saturated carbocycles. The molecule has 3 N–H and O–H groups in total. The van der Waals surface area contributed by atoms with Crippen molar-refractivity contribution in [3.63, 3.8) is 0 Å². The molecular formula is C14H26N2O2. The van der Waals surface area contributed by atoms with E-state index in [1.165, 1.54) is 19.3 Å². The van der Waals surface area contributed by atoms with E-state index in [2.05, 4.69) is 10.6 Å². The molecule has 18 heavy (non-hydrogen) atoms. The third kappa shape index (κ3) is 4.25. The fourth-order valence-corrected chi connectivity index (χ4v) is 2.95. The molecule has 1 amide bonds. The van der Waals surface area contributed by atoms with Crippen LogP contribution >= 0.6 is 0 Å². The maximum absolute atomic E-state index is 12.2. The fourth-order valence-electron chi connectivity index (χ4n) is 2.95. The van der Waals surface area contributed by atoms with E-state index < -0.39 is 0 Å². The van der Waals surface area contributed by atoms with Crippen LogP contribution in [-0.2, 0) is 4.79 Å². The van der Waals surface area contributed by atoms with Crippen molar-refractivity contribution >= 4 is 5.91 Å². The van der Waals surface area contributed by atoms with Gasteiger partial charge in [0.2, 0.25) is 5.91 Å². The average molecular weight is 254 g/mol. The lowest BCUT2D eigenvalue weighted by atomic mass is 9.92. The van der Waals surface area contributed by atoms with E-state index in [0.717, 1.165) is 45.1 Å². The lowest BCUT2D eigenvalue weighted by Crippen LogP contribution is -2.49. The summed E-state index contributed by atoms with van der Waals surface area (Å²) in [5.41, 5.74) is 0. The van der Waals surface area contributed by atoms with Crippen LogP contribution in [0.25, 0.3) is 0 Å². The summed E-state index contributed by atoms with van der Waals surface area (Å²) >= 11 is 0. The number of rotatable bonds is 2. The summed E-state index contributed by atoms with van der Waals surface area (Å²) in [6, 6.07) is 0.269. The highest BCUT2D eigenvalue weighted by molar-refractivity contribution is 5.82. The molecule has 2 fully saturated rings. The molecule has 1 aliphatic carbocycles. The number of aliphatic hydroxyl groups excluding tert-OH is 1. The predicted molar refractivity (Wildman–Crippen MR) is 71.3 cm³/mol. The summed E-state index contributed by atoms with van der Waals surface area (Å²) in [6.45, 7) is 0.960. The number of carbonyl (C=O) groups excluding carboxylic acids is 1. The largest absolute Gasteiger partial charge is 0.393 e. The second-order valence-electron chi connectivity index (χ2n) is 5.72. The highest BCUT2D eigenvalue weighted by Crippen LogP contribution is 2.18. The Balaban J connectivity index is 1.75. The monoisotopic (exact) mass is 254 g/mol. The van der Waals surface area contributed by atoms with Gasteiger partial charge in [-0.2, -0.15) is 0 Å². The minimum absolute atomic E-state index is 0.00264. The predicted octanol–water partition coefficient (Wildman–Crippen LogP) is 1.33. The van der Waals surface area contributed by atoms with Crippen molar-refractivity contribution in [3.05, 3.63) is 0 Å². The Bertz CT molecular complexity index is 255. The minimum Gasteiger partial charge on any atom is -0.393 e. The summed E-state index contributed by atoms with van der Waals surface area (Å²) in [5, 5.41) is 16.0. The molecule has 1 aliphatic heterocycles. The fraction of sp³-hybridized carbons (Fsp3) is 0.929. The first-order chi connectivity index (χ1) is 8.75. The molecule has 1 saturated heterocycles. The van der Waals surface area contributed by atoms with Crippen LogP contribution in [0, 0.1) is 0 Å². The zero-order valence-corrected chi connectivity index (χ0v) is 11.2. The van der Waals surface area contributed by atoms with Crippen molar-refractivity contribution in [2.24, 2.45) is 0 Å². The quantitative estimate of drug-likeness (QED) is 0.696. The Morgan fingerprint density at radius 2 is 1.72 bits per heavy atom. The number of aliphatic hydroxyl groups is 1. The van der Waals surface area contributed by atoms with Gasteiger partial charge in [-0.05, 0) is 45.1 Å². The summed E-state index contributed by atoms with van der Waals surface area (Å²) in [4.78, 5) is 12.2. The minimum atomic E-state index is -0.155. The first kappa shape index (κ1) is 13.8. The van der Waals surface area contributed by atoms with Gasteiger partial charge in [-0.15, -0.1) is 0 Å². The highest BCUT2D eigenvalue weighted by atomic mass is 16.3. The van der Waals surface area contributed by atoms with Crippen molar-refractivity contribution in [2.75, 3.05) is 6.54 Å². The Morgan fingerprint density at radius 3 is 2.50 bits per heavy atom. The number of hydrogen-bond acceptors (Lipinski definition) is 3. The molecule has 0 aromatic rings. The van der Waals surface area contributed by atoms with Gasteiger partial charge < -0.3 is 15.7 Å². The molecule has 0 aromatic heterocycles. The topological polar surface area (TPSA) is 61.4 Å². The van der Waals surface area contributed by atoms with Gasteiger partial charge in [0.05, 0.1) is 12.1 Å². The van der Waals surface area contributed by atoms with Crippen molar-refractivity contribution in [3.8, 4) is 0 Å². The van der Waals surface area contributed by atoms with Crippen LogP contribution < -0.4 is 10.6 Å². The van der Waals surface area contributed by atoms with Gasteiger partial charge >= 0.3 is 0 Å². The third-order valence-electron chi connectivity index (χ3n) is 4.17. The Kier molecular flexibility index (Phi) is 5.45. The van der Waals surface area contributed by atoms with Gasteiger partial charge in [0.15, 0.2) is 0 Å². The molecule has 0 radical (unpaired) electrons. The molecule has 4 nitrogen and oxygen atoms in total. The highest BCUT2D eigenvalue weighted by Gasteiger charge is 2.24. The molecule has 2 aliphatic rings. The zero-order valence-electron chi connectivity index (χ0n) is 11.2. The van der Waals surface area contributed by atoms with Crippen LogP contribution in [0.2, 0.25) is 0 Å². The van der Waals surface area contributed by atoms with Gasteiger partial charge in [-0.3, -0.25) is 4.79 Å². The summed E-state index contributed by atoms with van der Waals surface area (Å²) in [6.07, 6.45) is 9.14. The van der Waals surface area contributed by atoms with Crippen molar-refractivity contribution in [2.45, 2.75) is 76.0 Å². The number of amides is 1. The first-order valence-corrected chi connectivity index (χ1v) is 7.47. The average Bonchev–Trinajstić information content (AvgIpc) is 2.31. The van der Waals surface area contributed by atoms with E-state index in [1.807, 2.05) is 0 Å². The number of hydrogen-bond donors (Lipinski definition) is 3. The van der Waals surface area contributed by atoms with E-state index in [0.29, 0.717) is 0 Å². The number of carbonyl (C=O) groups is 1. The smallest absolute Gasteiger partial charge is 0.237 e. The molecule has 1 atom stereocenters. The maximum atomic E-state index is 12.2. The summed E-state index contributed by atoms with van der Waals surface area (Å²) in [5.74, 6) is 0.165. The summed E-state index contributed by atoms with van der Waals surface area (Å²) in [7, 11) is 0. The summed E-state index contributed by atoms with van der Waals surface area (Å²) < 4.78 is 0. The van der Waals surface area contributed by atoms with Crippen LogP contribution in [0.5, 0.6) is 0 Å². The molecular weight excluding hydrogens is 228 g/mol. The van der Waals surface area contributed by atoms with Crippen LogP contribution in [0.15, 0.2) is 0 Å². The van der Waals surface area contributed by atoms with E-state index in [1.54, 1.807) is 0 Å². The lowest BCUT2D eigenvalue weighted by molar-refractivity contribution is -0.124. The van der Waals surface area contributed by atoms with E-state index in [4.69, 9.17) is 0 Å². The van der Waals surface area contributed by atoms with E-state index in [9.17, 15) is 9.90 Å². The van der Waals surface area contributed by atoms with Crippen molar-refractivity contribution in [1.82, 2.24) is 10.6 Å². The van der Waals surface area contributed by atoms with Crippen molar-refractivity contribution in [1.29, 1.82) is 0 Å². The lowest BCUT2D eigenvalue weighted by Gasteiger charge is -2.28. The molecule has 1 heterocycles. The van der Waals surface area contributed by atoms with Crippen LogP contribution in [0.1, 0.15) is 57.8 Å². The van der Waals surface area contributed by atoms with E-state index >= 15 is 0 Å². The Labute approximate surface area is 110 Å². The molecule has 4 heteroatoms. The second-order valence-corrected chi connectivity index (χ2v) is 5.72. The SMILES string of the molecule is O=C(NC1CCC(O)CC1)C1CCCCCCN1. The molecule has 0 aromatic carbocycles. The van der Waals surface area contributed by atoms with Gasteiger partial charge in [-0.25, -0.2) is 0 Å². The van der Waals surface area contributed by atoms with Crippen molar-refractivity contribution < 1.29 is 9.90 Å². The third-order valence-corrected chi connectivity index (χ3v) is 4.17. The van der Waals surface area contributed by atoms with Gasteiger partial charge in [-0.1, -0.05) is 19.3 Å². The molecule has 2 rings (SSSR count). The van der Waals surface area contributed by atoms with Crippen LogP contribution in [0.4, 0.5) is 0 Å². The maximum Gasteiger partial charge on any atom is 0.237 e. The van der Waals surface area contributed by atoms with Gasteiger partial charge in [0.1, 0.15) is 0 Å². The Hall–Kier alpha value is -0.610. The first-order valence-electron chi connectivity index (χ1n) is 7.47. The van der Waals surface area contributed by atoms with Gasteiger partial charge in [0.25, 0.3) is 0 Å². The molecule has 104 valence electrons. The van der Waals surface area contributed by atoms with E-state index in [-0.39, 0.29) is 24.1 Å². The Morgan fingerprint density at radius 1 is 1.00 bits per heavy atom. The van der Waals surface area contributed by atoms with Crippen LogP contribution in [-0.4, -0.2) is 35.7 Å². The second kappa shape index (κ2) is 7.10. The molecule has 1 unspecified atom stereocenters. The molecule has 0 spiro atoms. The normalized spacial score (nSPS) is 34.4. The number of nitrogens with one attached hydrogen (secondary N) is 2. The molecule has 0 bridgehead atoms. The van der Waals surface area contributed by atoms with Crippen LogP contribution in [0.3, 0.4) is 0 Å². The van der Waals surface area contributed by atoms with Gasteiger partial charge in [0, 0.05) is 6.04 Å². The zero-order chi connectivity index (χ0) is 12.8.